The molecular weight excluding hydrogens is 377 g/mol. The molecule has 0 bridgehead atoms. The summed E-state index contributed by atoms with van der Waals surface area (Å²) in [6.07, 6.45) is 5.41. The van der Waals surface area contributed by atoms with Crippen LogP contribution in [0, 0.1) is 11.8 Å². The van der Waals surface area contributed by atoms with Crippen LogP contribution in [0.2, 0.25) is 0 Å². The highest BCUT2D eigenvalue weighted by Crippen LogP contribution is 2.32. The SMILES string of the molecule is CCNC(=NCCC1CC1)NCCC(OCC)C(C)C.I. The maximum atomic E-state index is 5.77. The number of nitrogens with one attached hydrogen (secondary N) is 2. The van der Waals surface area contributed by atoms with Gasteiger partial charge >= 0.3 is 0 Å². The van der Waals surface area contributed by atoms with Gasteiger partial charge < -0.3 is 15.4 Å². The second kappa shape index (κ2) is 12.5. The van der Waals surface area contributed by atoms with Crippen LogP contribution in [-0.4, -0.2) is 38.3 Å². The largest absolute Gasteiger partial charge is 0.378 e. The molecule has 0 aromatic rings. The first-order valence-electron chi connectivity index (χ1n) is 8.31. The van der Waals surface area contributed by atoms with Crippen molar-refractivity contribution in [1.82, 2.24) is 10.6 Å². The van der Waals surface area contributed by atoms with Crippen LogP contribution in [-0.2, 0) is 4.74 Å². The molecule has 0 heterocycles. The van der Waals surface area contributed by atoms with Crippen LogP contribution in [0.1, 0.15) is 53.4 Å². The van der Waals surface area contributed by atoms with Crippen LogP contribution in [0.3, 0.4) is 0 Å². The standard InChI is InChI=1S/C16H33N3O.HI/c1-5-17-16(18-11-9-14-7-8-14)19-12-10-15(13(3)4)20-6-2;/h13-15H,5-12H2,1-4H3,(H2,17,18,19);1H. The minimum Gasteiger partial charge on any atom is -0.378 e. The lowest BCUT2D eigenvalue weighted by molar-refractivity contribution is 0.0258. The summed E-state index contributed by atoms with van der Waals surface area (Å²) in [5, 5.41) is 6.73. The Hall–Kier alpha value is -0.0400. The molecule has 1 unspecified atom stereocenters. The maximum absolute atomic E-state index is 5.77. The highest BCUT2D eigenvalue weighted by molar-refractivity contribution is 14.0. The van der Waals surface area contributed by atoms with E-state index in [0.29, 0.717) is 12.0 Å². The molecule has 1 atom stereocenters. The first kappa shape index (κ1) is 21.0. The zero-order valence-electron chi connectivity index (χ0n) is 14.2. The zero-order chi connectivity index (χ0) is 14.8. The van der Waals surface area contributed by atoms with Crippen molar-refractivity contribution in [3.05, 3.63) is 0 Å². The van der Waals surface area contributed by atoms with Crippen molar-refractivity contribution in [1.29, 1.82) is 0 Å². The molecule has 0 aromatic heterocycles. The van der Waals surface area contributed by atoms with E-state index in [1.807, 2.05) is 0 Å². The number of guanidine groups is 1. The fourth-order valence-corrected chi connectivity index (χ4v) is 2.26. The third-order valence-corrected chi connectivity index (χ3v) is 3.69. The number of hydrogen-bond acceptors (Lipinski definition) is 2. The number of hydrogen-bond donors (Lipinski definition) is 2. The molecule has 2 N–H and O–H groups in total. The van der Waals surface area contributed by atoms with Crippen molar-refractivity contribution in [3.8, 4) is 0 Å². The lowest BCUT2D eigenvalue weighted by atomic mass is 10.0. The minimum absolute atomic E-state index is 0. The number of rotatable bonds is 10. The van der Waals surface area contributed by atoms with Crippen LogP contribution in [0.5, 0.6) is 0 Å². The van der Waals surface area contributed by atoms with E-state index in [-0.39, 0.29) is 24.0 Å². The van der Waals surface area contributed by atoms with Gasteiger partial charge in [0.1, 0.15) is 0 Å². The van der Waals surface area contributed by atoms with Crippen LogP contribution in [0.25, 0.3) is 0 Å². The van der Waals surface area contributed by atoms with Gasteiger partial charge in [0.25, 0.3) is 0 Å². The van der Waals surface area contributed by atoms with E-state index < -0.39 is 0 Å². The molecular formula is C16H34IN3O. The normalized spacial score (nSPS) is 16.5. The number of nitrogens with zero attached hydrogens (tertiary/aromatic N) is 1. The maximum Gasteiger partial charge on any atom is 0.191 e. The Kier molecular flexibility index (Phi) is 12.5. The molecule has 1 aliphatic rings. The van der Waals surface area contributed by atoms with Gasteiger partial charge in [0.05, 0.1) is 6.10 Å². The Bertz CT molecular complexity index is 281. The summed E-state index contributed by atoms with van der Waals surface area (Å²) in [5.41, 5.74) is 0. The van der Waals surface area contributed by atoms with Crippen LogP contribution in [0.15, 0.2) is 4.99 Å². The van der Waals surface area contributed by atoms with Crippen LogP contribution >= 0.6 is 24.0 Å². The molecule has 0 saturated heterocycles. The fraction of sp³-hybridized carbons (Fsp3) is 0.938. The van der Waals surface area contributed by atoms with E-state index in [4.69, 9.17) is 4.74 Å². The average molecular weight is 411 g/mol. The monoisotopic (exact) mass is 411 g/mol. The Labute approximate surface area is 147 Å². The number of halogens is 1. The summed E-state index contributed by atoms with van der Waals surface area (Å²) >= 11 is 0. The van der Waals surface area contributed by atoms with E-state index >= 15 is 0 Å². The van der Waals surface area contributed by atoms with Gasteiger partial charge in [0, 0.05) is 26.2 Å². The molecule has 5 heteroatoms. The first-order valence-corrected chi connectivity index (χ1v) is 8.31. The Morgan fingerprint density at radius 3 is 2.48 bits per heavy atom. The summed E-state index contributed by atoms with van der Waals surface area (Å²) in [7, 11) is 0. The average Bonchev–Trinajstić information content (AvgIpc) is 3.21. The third-order valence-electron chi connectivity index (χ3n) is 3.69. The highest BCUT2D eigenvalue weighted by Gasteiger charge is 2.20. The topological polar surface area (TPSA) is 45.7 Å². The smallest absolute Gasteiger partial charge is 0.191 e. The summed E-state index contributed by atoms with van der Waals surface area (Å²) < 4.78 is 5.77. The van der Waals surface area contributed by atoms with Crippen molar-refractivity contribution in [3.63, 3.8) is 0 Å². The summed E-state index contributed by atoms with van der Waals surface area (Å²) in [5.74, 6) is 2.46. The molecule has 21 heavy (non-hydrogen) atoms. The van der Waals surface area contributed by atoms with Gasteiger partial charge in [-0.25, -0.2) is 0 Å². The van der Waals surface area contributed by atoms with Gasteiger partial charge in [-0.05, 0) is 38.5 Å². The Balaban J connectivity index is 0.00000400. The second-order valence-electron chi connectivity index (χ2n) is 5.95. The van der Waals surface area contributed by atoms with Gasteiger partial charge in [-0.1, -0.05) is 26.7 Å². The summed E-state index contributed by atoms with van der Waals surface area (Å²) in [6.45, 7) is 12.2. The van der Waals surface area contributed by atoms with Crippen molar-refractivity contribution in [2.75, 3.05) is 26.2 Å². The Morgan fingerprint density at radius 2 is 1.95 bits per heavy atom. The van der Waals surface area contributed by atoms with Crippen molar-refractivity contribution >= 4 is 29.9 Å². The van der Waals surface area contributed by atoms with E-state index in [0.717, 1.165) is 44.5 Å². The van der Waals surface area contributed by atoms with Gasteiger partial charge in [-0.15, -0.1) is 24.0 Å². The van der Waals surface area contributed by atoms with Gasteiger partial charge in [0.15, 0.2) is 5.96 Å². The molecule has 1 fully saturated rings. The molecule has 0 radical (unpaired) electrons. The second-order valence-corrected chi connectivity index (χ2v) is 5.95. The molecule has 4 nitrogen and oxygen atoms in total. The molecule has 0 aromatic carbocycles. The first-order chi connectivity index (χ1) is 9.67. The van der Waals surface area contributed by atoms with Gasteiger partial charge in [-0.2, -0.15) is 0 Å². The summed E-state index contributed by atoms with van der Waals surface area (Å²) in [4.78, 5) is 4.63. The molecule has 1 saturated carbocycles. The zero-order valence-corrected chi connectivity index (χ0v) is 16.5. The van der Waals surface area contributed by atoms with Gasteiger partial charge in [0.2, 0.25) is 0 Å². The molecule has 1 rings (SSSR count). The number of aliphatic imine (C=N–C) groups is 1. The molecule has 0 spiro atoms. The van der Waals surface area contributed by atoms with Crippen molar-refractivity contribution in [2.24, 2.45) is 16.8 Å². The van der Waals surface area contributed by atoms with Crippen molar-refractivity contribution in [2.45, 2.75) is 59.5 Å². The molecule has 0 aliphatic heterocycles. The molecule has 0 amide bonds. The predicted molar refractivity (Wildman–Crippen MR) is 102 cm³/mol. The summed E-state index contributed by atoms with van der Waals surface area (Å²) in [6, 6.07) is 0. The van der Waals surface area contributed by atoms with E-state index in [1.54, 1.807) is 0 Å². The third kappa shape index (κ3) is 10.3. The highest BCUT2D eigenvalue weighted by atomic mass is 127. The quantitative estimate of drug-likeness (QED) is 0.329. The van der Waals surface area contributed by atoms with E-state index in [1.165, 1.54) is 19.3 Å². The fourth-order valence-electron chi connectivity index (χ4n) is 2.26. The van der Waals surface area contributed by atoms with Crippen LogP contribution in [0.4, 0.5) is 0 Å². The lowest BCUT2D eigenvalue weighted by Gasteiger charge is -2.21. The lowest BCUT2D eigenvalue weighted by Crippen LogP contribution is -2.39. The van der Waals surface area contributed by atoms with Crippen molar-refractivity contribution < 1.29 is 4.74 Å². The van der Waals surface area contributed by atoms with Gasteiger partial charge in [-0.3, -0.25) is 4.99 Å². The Morgan fingerprint density at radius 1 is 1.24 bits per heavy atom. The van der Waals surface area contributed by atoms with E-state index in [2.05, 4.69) is 43.3 Å². The molecule has 126 valence electrons. The predicted octanol–water partition coefficient (Wildman–Crippen LogP) is 3.41. The van der Waals surface area contributed by atoms with E-state index in [9.17, 15) is 0 Å². The minimum atomic E-state index is 0. The molecule has 1 aliphatic carbocycles. The van der Waals surface area contributed by atoms with Crippen LogP contribution < -0.4 is 10.6 Å². The number of ether oxygens (including phenoxy) is 1.